The van der Waals surface area contributed by atoms with Crippen LogP contribution in [-0.4, -0.2) is 16.8 Å². The zero-order valence-electron chi connectivity index (χ0n) is 15.9. The minimum Gasteiger partial charge on any atom is -0.322 e. The lowest BCUT2D eigenvalue weighted by molar-refractivity contribution is 0.102. The monoisotopic (exact) mass is 395 g/mol. The Hall–Kier alpha value is -3.61. The van der Waals surface area contributed by atoms with Crippen molar-refractivity contribution < 1.29 is 18.4 Å². The van der Waals surface area contributed by atoms with Crippen molar-refractivity contribution in [1.29, 1.82) is 0 Å². The van der Waals surface area contributed by atoms with E-state index in [1.807, 2.05) is 12.1 Å². The zero-order chi connectivity index (χ0) is 21.0. The van der Waals surface area contributed by atoms with E-state index in [9.17, 15) is 18.4 Å². The molecule has 0 aliphatic heterocycles. The predicted molar refractivity (Wildman–Crippen MR) is 107 cm³/mol. The van der Waals surface area contributed by atoms with Crippen LogP contribution in [0, 0.1) is 11.6 Å². The quantitative estimate of drug-likeness (QED) is 0.640. The summed E-state index contributed by atoms with van der Waals surface area (Å²) in [5.41, 5.74) is 1.23. The first-order valence-electron chi connectivity index (χ1n) is 8.98. The van der Waals surface area contributed by atoms with Gasteiger partial charge in [-0.05, 0) is 47.9 Å². The molecule has 0 saturated heterocycles. The van der Waals surface area contributed by atoms with E-state index in [2.05, 4.69) is 29.5 Å². The van der Waals surface area contributed by atoms with Gasteiger partial charge in [0.25, 0.3) is 11.8 Å². The maximum absolute atomic E-state index is 13.7. The molecule has 3 aromatic rings. The van der Waals surface area contributed by atoms with Gasteiger partial charge in [-0.15, -0.1) is 0 Å². The number of pyridine rings is 1. The minimum absolute atomic E-state index is 0.143. The van der Waals surface area contributed by atoms with Gasteiger partial charge in [0.2, 0.25) is 0 Å². The number of hydrogen-bond donors (Lipinski definition) is 2. The third-order valence-corrected chi connectivity index (χ3v) is 4.29. The number of benzene rings is 2. The molecule has 7 heteroatoms. The second kappa shape index (κ2) is 8.60. The van der Waals surface area contributed by atoms with E-state index in [1.165, 1.54) is 24.4 Å². The number of nitrogens with zero attached hydrogens (tertiary/aromatic N) is 1. The lowest BCUT2D eigenvalue weighted by atomic mass is 10.0. The van der Waals surface area contributed by atoms with Crippen LogP contribution in [0.5, 0.6) is 0 Å². The van der Waals surface area contributed by atoms with Gasteiger partial charge in [-0.1, -0.05) is 32.0 Å². The van der Waals surface area contributed by atoms with Crippen molar-refractivity contribution in [2.75, 3.05) is 10.6 Å². The Labute approximate surface area is 166 Å². The van der Waals surface area contributed by atoms with Crippen molar-refractivity contribution >= 4 is 23.2 Å². The van der Waals surface area contributed by atoms with Crippen LogP contribution < -0.4 is 10.6 Å². The molecule has 1 aromatic heterocycles. The Kier molecular flexibility index (Phi) is 5.97. The summed E-state index contributed by atoms with van der Waals surface area (Å²) in [5.74, 6) is -2.70. The molecular weight excluding hydrogens is 376 g/mol. The Morgan fingerprint density at radius 2 is 1.55 bits per heavy atom. The van der Waals surface area contributed by atoms with Gasteiger partial charge in [0, 0.05) is 17.4 Å². The van der Waals surface area contributed by atoms with Crippen molar-refractivity contribution in [2.45, 2.75) is 19.8 Å². The Bertz CT molecular complexity index is 1030. The molecule has 1 heterocycles. The zero-order valence-corrected chi connectivity index (χ0v) is 15.9. The van der Waals surface area contributed by atoms with E-state index in [0.29, 0.717) is 11.6 Å². The molecule has 0 aliphatic carbocycles. The number of halogens is 2. The molecule has 0 radical (unpaired) electrons. The van der Waals surface area contributed by atoms with Crippen LogP contribution in [0.2, 0.25) is 0 Å². The summed E-state index contributed by atoms with van der Waals surface area (Å²) in [5, 5.41) is 4.88. The van der Waals surface area contributed by atoms with E-state index >= 15 is 0 Å². The Morgan fingerprint density at radius 1 is 0.897 bits per heavy atom. The summed E-state index contributed by atoms with van der Waals surface area (Å²) in [6.45, 7) is 4.15. The van der Waals surface area contributed by atoms with E-state index in [0.717, 1.165) is 17.7 Å². The molecule has 148 valence electrons. The molecule has 2 amide bonds. The van der Waals surface area contributed by atoms with E-state index in [1.54, 1.807) is 12.1 Å². The molecule has 0 fully saturated rings. The number of anilines is 2. The fraction of sp³-hybridized carbons (Fsp3) is 0.136. The lowest BCUT2D eigenvalue weighted by Crippen LogP contribution is -2.18. The minimum atomic E-state index is -0.905. The van der Waals surface area contributed by atoms with Crippen molar-refractivity contribution in [1.82, 2.24) is 4.98 Å². The number of aromatic nitrogens is 1. The molecule has 0 bridgehead atoms. The second-order valence-electron chi connectivity index (χ2n) is 6.71. The summed E-state index contributed by atoms with van der Waals surface area (Å²) in [6.07, 6.45) is 1.28. The third-order valence-electron chi connectivity index (χ3n) is 4.29. The average Bonchev–Trinajstić information content (AvgIpc) is 2.71. The normalized spacial score (nSPS) is 10.7. The SMILES string of the molecule is CC(C)c1ccc(NC(=O)c2ccnc(C(=O)Nc3c(F)cccc3F)c2)cc1. The van der Waals surface area contributed by atoms with Gasteiger partial charge in [0.15, 0.2) is 0 Å². The standard InChI is InChI=1S/C22H19F2N3O2/c1-13(2)14-6-8-16(9-7-14)26-21(28)15-10-11-25-19(12-15)22(29)27-20-17(23)4-3-5-18(20)24/h3-13H,1-2H3,(H,26,28)(H,27,29). The topological polar surface area (TPSA) is 71.1 Å². The van der Waals surface area contributed by atoms with Crippen LogP contribution in [0.3, 0.4) is 0 Å². The number of nitrogens with one attached hydrogen (secondary N) is 2. The van der Waals surface area contributed by atoms with Crippen molar-refractivity contribution in [3.05, 3.63) is 89.2 Å². The Morgan fingerprint density at radius 3 is 2.17 bits per heavy atom. The van der Waals surface area contributed by atoms with Crippen molar-refractivity contribution in [3.8, 4) is 0 Å². The van der Waals surface area contributed by atoms with Crippen LogP contribution in [0.1, 0.15) is 46.2 Å². The van der Waals surface area contributed by atoms with Crippen molar-refractivity contribution in [3.63, 3.8) is 0 Å². The first-order chi connectivity index (χ1) is 13.8. The molecular formula is C22H19F2N3O2. The van der Waals surface area contributed by atoms with Crippen LogP contribution in [0.25, 0.3) is 0 Å². The van der Waals surface area contributed by atoms with Gasteiger partial charge in [0.1, 0.15) is 23.0 Å². The van der Waals surface area contributed by atoms with E-state index in [-0.39, 0.29) is 11.3 Å². The van der Waals surface area contributed by atoms with Gasteiger partial charge in [-0.2, -0.15) is 0 Å². The summed E-state index contributed by atoms with van der Waals surface area (Å²) in [6, 6.07) is 13.4. The van der Waals surface area contributed by atoms with Crippen molar-refractivity contribution in [2.24, 2.45) is 0 Å². The molecule has 0 unspecified atom stereocenters. The summed E-state index contributed by atoms with van der Waals surface area (Å²) >= 11 is 0. The summed E-state index contributed by atoms with van der Waals surface area (Å²) < 4.78 is 27.4. The fourth-order valence-corrected chi connectivity index (χ4v) is 2.65. The van der Waals surface area contributed by atoms with Crippen LogP contribution in [0.15, 0.2) is 60.8 Å². The van der Waals surface area contributed by atoms with E-state index < -0.39 is 29.1 Å². The number of rotatable bonds is 5. The molecule has 5 nitrogen and oxygen atoms in total. The van der Waals surface area contributed by atoms with E-state index in [4.69, 9.17) is 0 Å². The molecule has 2 N–H and O–H groups in total. The number of amides is 2. The summed E-state index contributed by atoms with van der Waals surface area (Å²) in [4.78, 5) is 28.7. The number of hydrogen-bond acceptors (Lipinski definition) is 3. The van der Waals surface area contributed by atoms with Gasteiger partial charge >= 0.3 is 0 Å². The molecule has 2 aromatic carbocycles. The highest BCUT2D eigenvalue weighted by Gasteiger charge is 2.16. The maximum atomic E-state index is 13.7. The van der Waals surface area contributed by atoms with Crippen LogP contribution >= 0.6 is 0 Å². The van der Waals surface area contributed by atoms with Gasteiger partial charge in [-0.3, -0.25) is 14.6 Å². The molecule has 29 heavy (non-hydrogen) atoms. The second-order valence-corrected chi connectivity index (χ2v) is 6.71. The fourth-order valence-electron chi connectivity index (χ4n) is 2.65. The largest absolute Gasteiger partial charge is 0.322 e. The first-order valence-corrected chi connectivity index (χ1v) is 8.98. The molecule has 3 rings (SSSR count). The highest BCUT2D eigenvalue weighted by atomic mass is 19.1. The number of carbonyl (C=O) groups is 2. The highest BCUT2D eigenvalue weighted by Crippen LogP contribution is 2.20. The number of carbonyl (C=O) groups excluding carboxylic acids is 2. The van der Waals surface area contributed by atoms with Gasteiger partial charge in [0.05, 0.1) is 0 Å². The molecule has 0 aliphatic rings. The molecule has 0 spiro atoms. The molecule has 0 atom stereocenters. The summed E-state index contributed by atoms with van der Waals surface area (Å²) in [7, 11) is 0. The Balaban J connectivity index is 1.74. The first kappa shape index (κ1) is 20.1. The maximum Gasteiger partial charge on any atom is 0.274 e. The average molecular weight is 395 g/mol. The number of para-hydroxylation sites is 1. The lowest BCUT2D eigenvalue weighted by Gasteiger charge is -2.10. The highest BCUT2D eigenvalue weighted by molar-refractivity contribution is 6.07. The van der Waals surface area contributed by atoms with Gasteiger partial charge in [-0.25, -0.2) is 8.78 Å². The van der Waals surface area contributed by atoms with Crippen LogP contribution in [-0.2, 0) is 0 Å². The van der Waals surface area contributed by atoms with Crippen LogP contribution in [0.4, 0.5) is 20.2 Å². The smallest absolute Gasteiger partial charge is 0.274 e. The predicted octanol–water partition coefficient (Wildman–Crippen LogP) is 4.99. The molecule has 0 saturated carbocycles. The third kappa shape index (κ3) is 4.82. The van der Waals surface area contributed by atoms with Gasteiger partial charge < -0.3 is 10.6 Å².